The standard InChI is InChI=1S/C8H13NO/c1-2-3-7-10-8-5-4-6-9-8/h4-5H,2-3,6-7H2,1H3. The van der Waals surface area contributed by atoms with E-state index in [9.17, 15) is 0 Å². The molecule has 56 valence electrons. The van der Waals surface area contributed by atoms with Crippen LogP contribution in [-0.2, 0) is 4.74 Å². The summed E-state index contributed by atoms with van der Waals surface area (Å²) in [6.07, 6.45) is 6.22. The normalized spacial score (nSPS) is 15.5. The third-order valence-corrected chi connectivity index (χ3v) is 1.36. The fourth-order valence-electron chi connectivity index (χ4n) is 0.764. The molecule has 0 aliphatic carbocycles. The minimum absolute atomic E-state index is 0.793. The summed E-state index contributed by atoms with van der Waals surface area (Å²) in [5, 5.41) is 0. The molecule has 1 aliphatic heterocycles. The summed E-state index contributed by atoms with van der Waals surface area (Å²) in [4.78, 5) is 4.09. The molecule has 0 spiro atoms. The molecule has 0 bridgehead atoms. The molecule has 0 radical (unpaired) electrons. The van der Waals surface area contributed by atoms with Crippen molar-refractivity contribution < 1.29 is 4.74 Å². The molecule has 0 saturated heterocycles. The van der Waals surface area contributed by atoms with Crippen molar-refractivity contribution in [2.45, 2.75) is 19.8 Å². The van der Waals surface area contributed by atoms with Crippen LogP contribution >= 0.6 is 0 Å². The second kappa shape index (κ2) is 4.09. The molecule has 0 N–H and O–H groups in total. The van der Waals surface area contributed by atoms with Gasteiger partial charge in [0.05, 0.1) is 13.2 Å². The summed E-state index contributed by atoms with van der Waals surface area (Å²) in [7, 11) is 0. The summed E-state index contributed by atoms with van der Waals surface area (Å²) in [6.45, 7) is 3.75. The van der Waals surface area contributed by atoms with E-state index in [4.69, 9.17) is 4.74 Å². The average Bonchev–Trinajstić information content (AvgIpc) is 2.41. The first kappa shape index (κ1) is 7.32. The van der Waals surface area contributed by atoms with Gasteiger partial charge in [-0.25, -0.2) is 4.99 Å². The second-order valence-electron chi connectivity index (χ2n) is 2.28. The van der Waals surface area contributed by atoms with Gasteiger partial charge in [0, 0.05) is 0 Å². The van der Waals surface area contributed by atoms with Crippen molar-refractivity contribution in [2.75, 3.05) is 13.2 Å². The lowest BCUT2D eigenvalue weighted by Crippen LogP contribution is -2.00. The zero-order chi connectivity index (χ0) is 7.23. The maximum atomic E-state index is 5.31. The van der Waals surface area contributed by atoms with Crippen molar-refractivity contribution in [3.63, 3.8) is 0 Å². The van der Waals surface area contributed by atoms with Crippen LogP contribution in [0.25, 0.3) is 0 Å². The van der Waals surface area contributed by atoms with E-state index in [1.807, 2.05) is 12.2 Å². The minimum Gasteiger partial charge on any atom is -0.478 e. The highest BCUT2D eigenvalue weighted by molar-refractivity contribution is 5.89. The zero-order valence-corrected chi connectivity index (χ0v) is 6.34. The maximum Gasteiger partial charge on any atom is 0.208 e. The van der Waals surface area contributed by atoms with Gasteiger partial charge in [0.1, 0.15) is 0 Å². The number of hydrogen-bond acceptors (Lipinski definition) is 2. The Hall–Kier alpha value is -0.790. The Balaban J connectivity index is 2.08. The van der Waals surface area contributed by atoms with Gasteiger partial charge in [-0.2, -0.15) is 0 Å². The van der Waals surface area contributed by atoms with E-state index >= 15 is 0 Å². The molecule has 0 amide bonds. The van der Waals surface area contributed by atoms with Crippen molar-refractivity contribution in [1.29, 1.82) is 0 Å². The molecule has 10 heavy (non-hydrogen) atoms. The van der Waals surface area contributed by atoms with E-state index in [0.717, 1.165) is 25.5 Å². The van der Waals surface area contributed by atoms with Gasteiger partial charge < -0.3 is 4.74 Å². The number of nitrogens with zero attached hydrogens (tertiary/aromatic N) is 1. The quantitative estimate of drug-likeness (QED) is 0.546. The van der Waals surface area contributed by atoms with E-state index in [1.165, 1.54) is 6.42 Å². The Kier molecular flexibility index (Phi) is 3.00. The molecule has 0 fully saturated rings. The van der Waals surface area contributed by atoms with E-state index in [2.05, 4.69) is 11.9 Å². The van der Waals surface area contributed by atoms with Crippen LogP contribution in [0.3, 0.4) is 0 Å². The van der Waals surface area contributed by atoms with E-state index in [0.29, 0.717) is 0 Å². The fourth-order valence-corrected chi connectivity index (χ4v) is 0.764. The molecular formula is C8H13NO. The van der Waals surface area contributed by atoms with Gasteiger partial charge in [-0.05, 0) is 12.5 Å². The van der Waals surface area contributed by atoms with Crippen LogP contribution in [0, 0.1) is 0 Å². The van der Waals surface area contributed by atoms with Crippen molar-refractivity contribution in [3.8, 4) is 0 Å². The SMILES string of the molecule is CCCCOC1=NCC=C1. The van der Waals surface area contributed by atoms with Crippen LogP contribution < -0.4 is 0 Å². The Labute approximate surface area is 61.6 Å². The summed E-state index contributed by atoms with van der Waals surface area (Å²) >= 11 is 0. The summed E-state index contributed by atoms with van der Waals surface area (Å²) < 4.78 is 5.31. The van der Waals surface area contributed by atoms with Crippen molar-refractivity contribution in [3.05, 3.63) is 12.2 Å². The molecule has 1 aliphatic rings. The highest BCUT2D eigenvalue weighted by Gasteiger charge is 1.97. The van der Waals surface area contributed by atoms with E-state index in [1.54, 1.807) is 0 Å². The van der Waals surface area contributed by atoms with Gasteiger partial charge in [0.2, 0.25) is 5.90 Å². The van der Waals surface area contributed by atoms with Gasteiger partial charge in [0.25, 0.3) is 0 Å². The molecule has 0 aromatic rings. The number of ether oxygens (including phenoxy) is 1. The third kappa shape index (κ3) is 2.21. The lowest BCUT2D eigenvalue weighted by molar-refractivity contribution is 0.299. The van der Waals surface area contributed by atoms with Crippen LogP contribution in [0.4, 0.5) is 0 Å². The van der Waals surface area contributed by atoms with Gasteiger partial charge in [-0.1, -0.05) is 19.4 Å². The van der Waals surface area contributed by atoms with Gasteiger partial charge in [-0.15, -0.1) is 0 Å². The smallest absolute Gasteiger partial charge is 0.208 e. The maximum absolute atomic E-state index is 5.31. The van der Waals surface area contributed by atoms with Crippen LogP contribution in [0.15, 0.2) is 17.1 Å². The molecular weight excluding hydrogens is 126 g/mol. The average molecular weight is 139 g/mol. The molecule has 1 heterocycles. The second-order valence-corrected chi connectivity index (χ2v) is 2.28. The van der Waals surface area contributed by atoms with Crippen LogP contribution in [0.2, 0.25) is 0 Å². The van der Waals surface area contributed by atoms with Crippen LogP contribution in [0.5, 0.6) is 0 Å². The van der Waals surface area contributed by atoms with Crippen LogP contribution in [-0.4, -0.2) is 19.0 Å². The van der Waals surface area contributed by atoms with Gasteiger partial charge >= 0.3 is 0 Å². The van der Waals surface area contributed by atoms with Gasteiger partial charge in [0.15, 0.2) is 0 Å². The first-order chi connectivity index (χ1) is 4.93. The first-order valence-electron chi connectivity index (χ1n) is 3.77. The molecule has 2 nitrogen and oxygen atoms in total. The zero-order valence-electron chi connectivity index (χ0n) is 6.34. The summed E-state index contributed by atoms with van der Waals surface area (Å²) in [5.41, 5.74) is 0. The third-order valence-electron chi connectivity index (χ3n) is 1.36. The molecule has 0 saturated carbocycles. The van der Waals surface area contributed by atoms with Crippen LogP contribution in [0.1, 0.15) is 19.8 Å². The van der Waals surface area contributed by atoms with E-state index < -0.39 is 0 Å². The predicted octanol–water partition coefficient (Wildman–Crippen LogP) is 1.77. The topological polar surface area (TPSA) is 21.6 Å². The van der Waals surface area contributed by atoms with Crippen molar-refractivity contribution in [2.24, 2.45) is 4.99 Å². The number of hydrogen-bond donors (Lipinski definition) is 0. The van der Waals surface area contributed by atoms with Gasteiger partial charge in [-0.3, -0.25) is 0 Å². The summed E-state index contributed by atoms with van der Waals surface area (Å²) in [6, 6.07) is 0. The van der Waals surface area contributed by atoms with E-state index in [-0.39, 0.29) is 0 Å². The number of unbranched alkanes of at least 4 members (excludes halogenated alkanes) is 1. The Morgan fingerprint density at radius 3 is 3.20 bits per heavy atom. The number of aliphatic imine (C=N–C) groups is 1. The molecule has 0 aromatic heterocycles. The fraction of sp³-hybridized carbons (Fsp3) is 0.625. The van der Waals surface area contributed by atoms with Crippen molar-refractivity contribution in [1.82, 2.24) is 0 Å². The lowest BCUT2D eigenvalue weighted by atomic mass is 10.4. The molecule has 0 aromatic carbocycles. The van der Waals surface area contributed by atoms with Crippen molar-refractivity contribution >= 4 is 5.90 Å². The molecule has 1 rings (SSSR count). The lowest BCUT2D eigenvalue weighted by Gasteiger charge is -2.00. The molecule has 2 heteroatoms. The minimum atomic E-state index is 0.793. The monoisotopic (exact) mass is 139 g/mol. The Morgan fingerprint density at radius 2 is 2.60 bits per heavy atom. The highest BCUT2D eigenvalue weighted by atomic mass is 16.5. The predicted molar refractivity (Wildman–Crippen MR) is 42.3 cm³/mol. The highest BCUT2D eigenvalue weighted by Crippen LogP contribution is 1.96. The Morgan fingerprint density at radius 1 is 1.70 bits per heavy atom. The molecule has 0 atom stereocenters. The largest absolute Gasteiger partial charge is 0.478 e. The molecule has 0 unspecified atom stereocenters. The Bertz CT molecular complexity index is 149. The number of rotatable bonds is 3. The first-order valence-corrected chi connectivity index (χ1v) is 3.77. The summed E-state index contributed by atoms with van der Waals surface area (Å²) in [5.74, 6) is 0.799.